The van der Waals surface area contributed by atoms with Gasteiger partial charge in [-0.25, -0.2) is 4.98 Å². The van der Waals surface area contributed by atoms with E-state index in [1.54, 1.807) is 18.3 Å². The minimum atomic E-state index is -0.588. The zero-order chi connectivity index (χ0) is 11.0. The Hall–Kier alpha value is -2.30. The molecule has 0 bridgehead atoms. The summed E-state index contributed by atoms with van der Waals surface area (Å²) in [7, 11) is 0. The Balaban J connectivity index is 2.19. The number of hydrogen-bond donors (Lipinski definition) is 0. The molecule has 0 saturated carbocycles. The van der Waals surface area contributed by atoms with Crippen molar-refractivity contribution < 1.29 is 8.81 Å². The lowest BCUT2D eigenvalue weighted by Crippen LogP contribution is -1.79. The first-order valence-corrected chi connectivity index (χ1v) is 4.58. The highest BCUT2D eigenvalue weighted by molar-refractivity contribution is 5.71. The standard InChI is InChI=1S/C11H5FN3O/c12-9-4-3-8-11(15-9)16-10(14-8)7-2-1-5-13-6-7/h1-4,6H. The first-order valence-electron chi connectivity index (χ1n) is 4.58. The molecule has 5 heteroatoms. The number of hydrogen-bond acceptors (Lipinski definition) is 4. The van der Waals surface area contributed by atoms with E-state index < -0.39 is 5.95 Å². The predicted molar refractivity (Wildman–Crippen MR) is 53.8 cm³/mol. The quantitative estimate of drug-likeness (QED) is 0.583. The predicted octanol–water partition coefficient (Wildman–Crippen LogP) is 2.22. The third kappa shape index (κ3) is 1.42. The molecule has 0 unspecified atom stereocenters. The molecule has 0 aliphatic heterocycles. The van der Waals surface area contributed by atoms with Gasteiger partial charge in [-0.15, -0.1) is 0 Å². The number of nitrogens with zero attached hydrogens (tertiary/aromatic N) is 3. The molecule has 0 atom stereocenters. The fraction of sp³-hybridized carbons (Fsp3) is 0. The van der Waals surface area contributed by atoms with Crippen LogP contribution >= 0.6 is 0 Å². The molecule has 3 heterocycles. The van der Waals surface area contributed by atoms with Crippen LogP contribution in [-0.2, 0) is 0 Å². The summed E-state index contributed by atoms with van der Waals surface area (Å²) in [6, 6.07) is 6.17. The van der Waals surface area contributed by atoms with Crippen LogP contribution in [0.4, 0.5) is 4.39 Å². The van der Waals surface area contributed by atoms with Gasteiger partial charge < -0.3 is 4.42 Å². The van der Waals surface area contributed by atoms with Crippen molar-refractivity contribution in [2.75, 3.05) is 0 Å². The third-order valence-electron chi connectivity index (χ3n) is 2.08. The second kappa shape index (κ2) is 3.37. The number of halogens is 1. The first-order chi connectivity index (χ1) is 7.83. The molecule has 0 spiro atoms. The smallest absolute Gasteiger partial charge is 0.250 e. The van der Waals surface area contributed by atoms with Crippen molar-refractivity contribution in [3.05, 3.63) is 42.6 Å². The van der Waals surface area contributed by atoms with Crippen LogP contribution in [0, 0.1) is 12.1 Å². The van der Waals surface area contributed by atoms with Gasteiger partial charge in [0.15, 0.2) is 0 Å². The number of aromatic nitrogens is 3. The number of rotatable bonds is 1. The summed E-state index contributed by atoms with van der Waals surface area (Å²) in [5.74, 6) is -0.218. The maximum absolute atomic E-state index is 12.8. The van der Waals surface area contributed by atoms with Gasteiger partial charge in [0, 0.05) is 6.20 Å². The zero-order valence-corrected chi connectivity index (χ0v) is 8.01. The summed E-state index contributed by atoms with van der Waals surface area (Å²) in [5, 5.41) is 0. The van der Waals surface area contributed by atoms with Crippen molar-refractivity contribution in [2.24, 2.45) is 0 Å². The molecule has 16 heavy (non-hydrogen) atoms. The Labute approximate surface area is 89.8 Å². The largest absolute Gasteiger partial charge is 0.418 e. The number of pyridine rings is 2. The molecular weight excluding hydrogens is 209 g/mol. The molecule has 0 amide bonds. The minimum absolute atomic E-state index is 0.183. The van der Waals surface area contributed by atoms with Gasteiger partial charge in [0.2, 0.25) is 17.6 Å². The van der Waals surface area contributed by atoms with Gasteiger partial charge in [0.1, 0.15) is 5.52 Å². The Bertz CT molecular complexity index is 636. The fourth-order valence-electron chi connectivity index (χ4n) is 1.36. The Kier molecular flexibility index (Phi) is 1.89. The molecular formula is C11H5FN3O. The molecule has 0 N–H and O–H groups in total. The van der Waals surface area contributed by atoms with Crippen molar-refractivity contribution >= 4 is 11.2 Å². The van der Waals surface area contributed by atoms with Crippen molar-refractivity contribution in [1.82, 2.24) is 15.0 Å². The van der Waals surface area contributed by atoms with Crippen LogP contribution in [0.1, 0.15) is 0 Å². The van der Waals surface area contributed by atoms with Gasteiger partial charge in [-0.05, 0) is 24.3 Å². The molecule has 3 rings (SSSR count). The van der Waals surface area contributed by atoms with E-state index in [2.05, 4.69) is 21.1 Å². The lowest BCUT2D eigenvalue weighted by atomic mass is 10.3. The lowest BCUT2D eigenvalue weighted by Gasteiger charge is -1.90. The molecule has 0 saturated heterocycles. The molecule has 0 aromatic carbocycles. The number of fused-ring (bicyclic) bond motifs is 1. The first kappa shape index (κ1) is 8.96. The highest BCUT2D eigenvalue weighted by Gasteiger charge is 2.09. The van der Waals surface area contributed by atoms with Gasteiger partial charge in [-0.3, -0.25) is 4.98 Å². The van der Waals surface area contributed by atoms with Crippen LogP contribution in [0.2, 0.25) is 0 Å². The SMILES string of the molecule is Fc1ccc2nc(-c3cc[c]nc3)oc2n1. The van der Waals surface area contributed by atoms with Crippen LogP contribution in [0.5, 0.6) is 0 Å². The monoisotopic (exact) mass is 214 g/mol. The lowest BCUT2D eigenvalue weighted by molar-refractivity contribution is 0.559. The summed E-state index contributed by atoms with van der Waals surface area (Å²) >= 11 is 0. The van der Waals surface area contributed by atoms with E-state index in [-0.39, 0.29) is 5.71 Å². The Morgan fingerprint density at radius 1 is 1.19 bits per heavy atom. The molecule has 0 aliphatic carbocycles. The van der Waals surface area contributed by atoms with Gasteiger partial charge in [0.05, 0.1) is 11.8 Å². The normalized spacial score (nSPS) is 10.8. The van der Waals surface area contributed by atoms with Crippen molar-refractivity contribution in [3.63, 3.8) is 0 Å². The Morgan fingerprint density at radius 3 is 2.94 bits per heavy atom. The van der Waals surface area contributed by atoms with E-state index in [0.29, 0.717) is 17.0 Å². The van der Waals surface area contributed by atoms with Crippen LogP contribution in [0.15, 0.2) is 34.9 Å². The molecule has 4 nitrogen and oxygen atoms in total. The highest BCUT2D eigenvalue weighted by Crippen LogP contribution is 2.21. The van der Waals surface area contributed by atoms with E-state index in [9.17, 15) is 4.39 Å². The fourth-order valence-corrected chi connectivity index (χ4v) is 1.36. The summed E-state index contributed by atoms with van der Waals surface area (Å²) in [4.78, 5) is 11.6. The molecule has 0 aliphatic rings. The number of oxazole rings is 1. The van der Waals surface area contributed by atoms with Crippen molar-refractivity contribution in [3.8, 4) is 11.5 Å². The van der Waals surface area contributed by atoms with Gasteiger partial charge >= 0.3 is 0 Å². The molecule has 3 aromatic rings. The molecule has 77 valence electrons. The van der Waals surface area contributed by atoms with Crippen molar-refractivity contribution in [2.45, 2.75) is 0 Å². The zero-order valence-electron chi connectivity index (χ0n) is 8.01. The molecule has 3 aromatic heterocycles. The van der Waals surface area contributed by atoms with Crippen LogP contribution in [-0.4, -0.2) is 15.0 Å². The van der Waals surface area contributed by atoms with E-state index in [4.69, 9.17) is 4.42 Å². The minimum Gasteiger partial charge on any atom is -0.418 e. The summed E-state index contributed by atoms with van der Waals surface area (Å²) in [5.41, 5.74) is 1.41. The Morgan fingerprint density at radius 2 is 2.12 bits per heavy atom. The maximum Gasteiger partial charge on any atom is 0.250 e. The van der Waals surface area contributed by atoms with Crippen LogP contribution < -0.4 is 0 Å². The maximum atomic E-state index is 12.8. The average Bonchev–Trinajstić information content (AvgIpc) is 2.73. The van der Waals surface area contributed by atoms with E-state index in [0.717, 1.165) is 0 Å². The summed E-state index contributed by atoms with van der Waals surface area (Å²) in [6.45, 7) is 0. The van der Waals surface area contributed by atoms with Crippen molar-refractivity contribution in [1.29, 1.82) is 0 Å². The van der Waals surface area contributed by atoms with E-state index in [1.165, 1.54) is 12.1 Å². The van der Waals surface area contributed by atoms with Crippen LogP contribution in [0.25, 0.3) is 22.7 Å². The van der Waals surface area contributed by atoms with Gasteiger partial charge in [-0.1, -0.05) is 0 Å². The topological polar surface area (TPSA) is 51.8 Å². The van der Waals surface area contributed by atoms with E-state index >= 15 is 0 Å². The van der Waals surface area contributed by atoms with E-state index in [1.807, 2.05) is 0 Å². The van der Waals surface area contributed by atoms with Gasteiger partial charge in [-0.2, -0.15) is 9.37 Å². The summed E-state index contributed by atoms with van der Waals surface area (Å²) < 4.78 is 18.2. The molecule has 0 fully saturated rings. The third-order valence-corrected chi connectivity index (χ3v) is 2.08. The van der Waals surface area contributed by atoms with Gasteiger partial charge in [0.25, 0.3) is 0 Å². The average molecular weight is 214 g/mol. The second-order valence-corrected chi connectivity index (χ2v) is 3.15. The molecule has 1 radical (unpaired) electrons. The van der Waals surface area contributed by atoms with Crippen LogP contribution in [0.3, 0.4) is 0 Å². The summed E-state index contributed by atoms with van der Waals surface area (Å²) in [6.07, 6.45) is 4.22. The second-order valence-electron chi connectivity index (χ2n) is 3.15. The highest BCUT2D eigenvalue weighted by atomic mass is 19.1.